The summed E-state index contributed by atoms with van der Waals surface area (Å²) in [6.45, 7) is 0. The largest absolute Gasteiger partial charge is 0.457 e. The molecule has 0 unspecified atom stereocenters. The molecule has 1 spiro atoms. The Morgan fingerprint density at radius 2 is 0.955 bits per heavy atom. The number of rotatable bonds is 5. The molecule has 0 amide bonds. The van der Waals surface area contributed by atoms with E-state index in [0.29, 0.717) is 0 Å². The second-order valence-corrected chi connectivity index (χ2v) is 17.5. The van der Waals surface area contributed by atoms with Crippen LogP contribution in [-0.4, -0.2) is 0 Å². The lowest BCUT2D eigenvalue weighted by atomic mass is 9.66. The zero-order valence-corrected chi connectivity index (χ0v) is 35.8. The highest BCUT2D eigenvalue weighted by molar-refractivity contribution is 6.15. The van der Waals surface area contributed by atoms with E-state index < -0.39 is 5.41 Å². The fourth-order valence-electron chi connectivity index (χ4n) is 11.3. The van der Waals surface area contributed by atoms with E-state index in [-0.39, 0.29) is 0 Å². The average Bonchev–Trinajstić information content (AvgIpc) is 3.91. The van der Waals surface area contributed by atoms with Crippen LogP contribution < -0.4 is 9.64 Å². The molecule has 0 fully saturated rings. The van der Waals surface area contributed by atoms with Crippen molar-refractivity contribution in [3.63, 3.8) is 0 Å². The van der Waals surface area contributed by atoms with Crippen LogP contribution in [0.25, 0.3) is 76.9 Å². The molecule has 0 N–H and O–H groups in total. The van der Waals surface area contributed by atoms with E-state index in [1.54, 1.807) is 0 Å². The number of furan rings is 1. The number of fused-ring (bicyclic) bond motifs is 15. The third kappa shape index (κ3) is 5.26. The number of hydrogen-bond acceptors (Lipinski definition) is 3. The molecule has 66 heavy (non-hydrogen) atoms. The monoisotopic (exact) mass is 841 g/mol. The molecule has 308 valence electrons. The van der Waals surface area contributed by atoms with E-state index in [0.717, 1.165) is 78.0 Å². The molecule has 0 radical (unpaired) electrons. The van der Waals surface area contributed by atoms with Gasteiger partial charge in [0.2, 0.25) is 0 Å². The quantitative estimate of drug-likeness (QED) is 0.173. The third-order valence-electron chi connectivity index (χ3n) is 14.1. The summed E-state index contributed by atoms with van der Waals surface area (Å²) in [7, 11) is 0. The van der Waals surface area contributed by atoms with Crippen LogP contribution in [0.1, 0.15) is 22.3 Å². The Hall–Kier alpha value is -8.66. The van der Waals surface area contributed by atoms with Crippen molar-refractivity contribution >= 4 is 60.5 Å². The summed E-state index contributed by atoms with van der Waals surface area (Å²) < 4.78 is 13.5. The molecule has 0 saturated heterocycles. The van der Waals surface area contributed by atoms with Crippen LogP contribution in [0, 0.1) is 0 Å². The Kier molecular flexibility index (Phi) is 7.90. The van der Waals surface area contributed by atoms with Gasteiger partial charge in [0, 0.05) is 50.3 Å². The van der Waals surface area contributed by atoms with E-state index in [9.17, 15) is 0 Å². The maximum absolute atomic E-state index is 6.86. The molecule has 2 aliphatic rings. The van der Waals surface area contributed by atoms with Gasteiger partial charge in [0.05, 0.1) is 11.1 Å². The third-order valence-corrected chi connectivity index (χ3v) is 14.1. The fraction of sp³-hybridized carbons (Fsp3) is 0.0159. The zero-order chi connectivity index (χ0) is 43.3. The minimum absolute atomic E-state index is 0.596. The maximum Gasteiger partial charge on any atom is 0.143 e. The molecular formula is C63H39NO2. The van der Waals surface area contributed by atoms with Crippen LogP contribution in [0.4, 0.5) is 17.1 Å². The van der Waals surface area contributed by atoms with Crippen LogP contribution in [-0.2, 0) is 5.41 Å². The number of para-hydroxylation sites is 2. The first-order chi connectivity index (χ1) is 32.7. The van der Waals surface area contributed by atoms with Crippen LogP contribution in [0.2, 0.25) is 0 Å². The lowest BCUT2D eigenvalue weighted by Crippen LogP contribution is -2.32. The van der Waals surface area contributed by atoms with Crippen molar-refractivity contribution in [1.29, 1.82) is 0 Å². The zero-order valence-electron chi connectivity index (χ0n) is 35.8. The minimum atomic E-state index is -0.596. The predicted octanol–water partition coefficient (Wildman–Crippen LogP) is 17.2. The van der Waals surface area contributed by atoms with Crippen molar-refractivity contribution in [3.05, 3.63) is 259 Å². The average molecular weight is 842 g/mol. The van der Waals surface area contributed by atoms with Gasteiger partial charge in [-0.1, -0.05) is 176 Å². The smallest absolute Gasteiger partial charge is 0.143 e. The number of nitrogens with zero attached hydrogens (tertiary/aromatic N) is 1. The van der Waals surface area contributed by atoms with Gasteiger partial charge in [-0.15, -0.1) is 0 Å². The number of anilines is 3. The van der Waals surface area contributed by atoms with Crippen molar-refractivity contribution in [1.82, 2.24) is 0 Å². The molecule has 14 rings (SSSR count). The number of ether oxygens (including phenoxy) is 1. The van der Waals surface area contributed by atoms with Crippen LogP contribution >= 0.6 is 0 Å². The summed E-state index contributed by atoms with van der Waals surface area (Å²) in [5.74, 6) is 1.76. The van der Waals surface area contributed by atoms with Crippen molar-refractivity contribution < 1.29 is 9.15 Å². The SMILES string of the molecule is c1ccc(-c2cccc3ccc(-c4ccc(N(c5ccc6c(c5)oc5c7ccccc7ccc65)c5cccc6c5-c5ccccc5C65c6ccccc6Oc6ccccc65)cc4)cc23)cc1. The maximum atomic E-state index is 6.86. The van der Waals surface area contributed by atoms with Crippen molar-refractivity contribution in [3.8, 4) is 44.9 Å². The molecule has 0 bridgehead atoms. The number of benzene rings is 11. The van der Waals surface area contributed by atoms with E-state index in [4.69, 9.17) is 9.15 Å². The van der Waals surface area contributed by atoms with Crippen LogP contribution in [0.15, 0.2) is 241 Å². The molecule has 12 aromatic rings. The van der Waals surface area contributed by atoms with Gasteiger partial charge < -0.3 is 14.1 Å². The van der Waals surface area contributed by atoms with Gasteiger partial charge in [0.1, 0.15) is 22.7 Å². The molecule has 1 aliphatic heterocycles. The molecule has 1 aliphatic carbocycles. The summed E-state index contributed by atoms with van der Waals surface area (Å²) in [5.41, 5.74) is 16.3. The Morgan fingerprint density at radius 1 is 0.348 bits per heavy atom. The van der Waals surface area contributed by atoms with E-state index >= 15 is 0 Å². The molecule has 11 aromatic carbocycles. The van der Waals surface area contributed by atoms with Gasteiger partial charge in [-0.2, -0.15) is 0 Å². The highest BCUT2D eigenvalue weighted by Gasteiger charge is 2.51. The Morgan fingerprint density at radius 3 is 1.79 bits per heavy atom. The van der Waals surface area contributed by atoms with Crippen molar-refractivity contribution in [2.45, 2.75) is 5.41 Å². The minimum Gasteiger partial charge on any atom is -0.457 e. The highest BCUT2D eigenvalue weighted by Crippen LogP contribution is 2.64. The summed E-state index contributed by atoms with van der Waals surface area (Å²) in [4.78, 5) is 2.42. The van der Waals surface area contributed by atoms with Crippen LogP contribution in [0.3, 0.4) is 0 Å². The van der Waals surface area contributed by atoms with E-state index in [1.807, 2.05) is 0 Å². The summed E-state index contributed by atoms with van der Waals surface area (Å²) in [6.07, 6.45) is 0. The van der Waals surface area contributed by atoms with Gasteiger partial charge >= 0.3 is 0 Å². The molecule has 0 atom stereocenters. The molecule has 0 saturated carbocycles. The van der Waals surface area contributed by atoms with Crippen LogP contribution in [0.5, 0.6) is 11.5 Å². The molecule has 3 nitrogen and oxygen atoms in total. The fourth-order valence-corrected chi connectivity index (χ4v) is 11.3. The van der Waals surface area contributed by atoms with Gasteiger partial charge in [0.15, 0.2) is 0 Å². The van der Waals surface area contributed by atoms with Crippen molar-refractivity contribution in [2.75, 3.05) is 4.90 Å². The molecule has 2 heterocycles. The molecule has 1 aromatic heterocycles. The Labute approximate surface area is 382 Å². The summed E-state index contributed by atoms with van der Waals surface area (Å²) >= 11 is 0. The summed E-state index contributed by atoms with van der Waals surface area (Å²) in [5, 5.41) is 6.96. The topological polar surface area (TPSA) is 25.6 Å². The summed E-state index contributed by atoms with van der Waals surface area (Å²) in [6, 6.07) is 85.7. The Balaban J connectivity index is 0.992. The first-order valence-electron chi connectivity index (χ1n) is 22.7. The lowest BCUT2D eigenvalue weighted by molar-refractivity contribution is 0.436. The lowest BCUT2D eigenvalue weighted by Gasteiger charge is -2.39. The second kappa shape index (κ2) is 14.2. The second-order valence-electron chi connectivity index (χ2n) is 17.5. The van der Waals surface area contributed by atoms with Crippen molar-refractivity contribution in [2.24, 2.45) is 0 Å². The van der Waals surface area contributed by atoms with Gasteiger partial charge in [-0.3, -0.25) is 0 Å². The predicted molar refractivity (Wildman–Crippen MR) is 272 cm³/mol. The van der Waals surface area contributed by atoms with E-state index in [1.165, 1.54) is 49.7 Å². The first kappa shape index (κ1) is 36.8. The molecular weight excluding hydrogens is 803 g/mol. The highest BCUT2D eigenvalue weighted by atomic mass is 16.5. The van der Waals surface area contributed by atoms with Gasteiger partial charge in [-0.05, 0) is 110 Å². The first-order valence-corrected chi connectivity index (χ1v) is 22.7. The normalized spacial score (nSPS) is 13.1. The van der Waals surface area contributed by atoms with Gasteiger partial charge in [-0.25, -0.2) is 0 Å². The van der Waals surface area contributed by atoms with E-state index in [2.05, 4.69) is 241 Å². The molecule has 3 heteroatoms. The Bertz CT molecular complexity index is 3870. The number of hydrogen-bond donors (Lipinski definition) is 0. The standard InChI is InChI=1S/C63H39NO2/c1-2-14-41(15-3-1)47-20-12-17-43-28-29-44(38-52(43)47)40-30-33-45(34-31-40)64(46-35-37-49-50-36-32-42-16-4-5-18-48(42)62(50)66-60(49)39-46)57-25-13-24-56-61(57)51-19-6-7-21-53(51)63(56)54-22-8-10-26-58(54)65-59-27-11-9-23-55(59)63/h1-39H. The van der Waals surface area contributed by atoms with Gasteiger partial charge in [0.25, 0.3) is 0 Å².